The summed E-state index contributed by atoms with van der Waals surface area (Å²) in [5, 5.41) is 3.24. The first-order valence-electron chi connectivity index (χ1n) is 6.71. The van der Waals surface area contributed by atoms with Gasteiger partial charge >= 0.3 is 0 Å². The van der Waals surface area contributed by atoms with E-state index in [4.69, 9.17) is 4.98 Å². The van der Waals surface area contributed by atoms with Crippen molar-refractivity contribution < 1.29 is 0 Å². The molecule has 0 amide bonds. The normalized spacial score (nSPS) is 21.3. The van der Waals surface area contributed by atoms with Crippen molar-refractivity contribution in [2.75, 3.05) is 20.6 Å². The van der Waals surface area contributed by atoms with Crippen LogP contribution in [0.5, 0.6) is 0 Å². The lowest BCUT2D eigenvalue weighted by molar-refractivity contribution is 0.259. The van der Waals surface area contributed by atoms with Crippen molar-refractivity contribution in [3.63, 3.8) is 0 Å². The molecule has 0 atom stereocenters. The minimum atomic E-state index is 0.739. The van der Waals surface area contributed by atoms with Crippen LogP contribution in [0.2, 0.25) is 0 Å². The molecule has 2 heterocycles. The van der Waals surface area contributed by atoms with Crippen molar-refractivity contribution in [2.24, 2.45) is 0 Å². The van der Waals surface area contributed by atoms with E-state index in [-0.39, 0.29) is 0 Å². The molecule has 17 heavy (non-hydrogen) atoms. The number of aromatic nitrogens is 2. The Labute approximate surface area is 103 Å². The molecule has 0 saturated heterocycles. The Bertz CT molecular complexity index is 406. The average Bonchev–Trinajstić information content (AvgIpc) is 2.55. The van der Waals surface area contributed by atoms with Crippen molar-refractivity contribution in [2.45, 2.75) is 44.8 Å². The van der Waals surface area contributed by atoms with Gasteiger partial charge in [-0.2, -0.15) is 0 Å². The fourth-order valence-corrected chi connectivity index (χ4v) is 2.88. The standard InChI is InChI=1S/C13H22N4/c1-14-8-11-12-9-16(2)6-7-17(12)13(15-11)10-4-3-5-10/h10,14H,3-9H2,1-2H3. The van der Waals surface area contributed by atoms with Crippen molar-refractivity contribution in [1.82, 2.24) is 19.8 Å². The second-order valence-electron chi connectivity index (χ2n) is 5.41. The zero-order valence-corrected chi connectivity index (χ0v) is 10.9. The van der Waals surface area contributed by atoms with E-state index in [1.807, 2.05) is 7.05 Å². The van der Waals surface area contributed by atoms with Crippen molar-refractivity contribution >= 4 is 0 Å². The molecule has 3 rings (SSSR count). The van der Waals surface area contributed by atoms with Crippen LogP contribution in [0.3, 0.4) is 0 Å². The molecular formula is C13H22N4. The van der Waals surface area contributed by atoms with Gasteiger partial charge in [0.1, 0.15) is 5.82 Å². The van der Waals surface area contributed by atoms with Crippen LogP contribution in [0.4, 0.5) is 0 Å². The van der Waals surface area contributed by atoms with Gasteiger partial charge in [0.2, 0.25) is 0 Å². The average molecular weight is 234 g/mol. The SMILES string of the molecule is CNCc1nc(C2CCC2)n2c1CN(C)CC2. The van der Waals surface area contributed by atoms with Crippen LogP contribution >= 0.6 is 0 Å². The predicted octanol–water partition coefficient (Wildman–Crippen LogP) is 1.32. The lowest BCUT2D eigenvalue weighted by Gasteiger charge is -2.30. The topological polar surface area (TPSA) is 33.1 Å². The van der Waals surface area contributed by atoms with E-state index in [9.17, 15) is 0 Å². The molecule has 94 valence electrons. The Morgan fingerprint density at radius 3 is 2.82 bits per heavy atom. The van der Waals surface area contributed by atoms with Crippen LogP contribution in [0.25, 0.3) is 0 Å². The van der Waals surface area contributed by atoms with E-state index in [0.717, 1.165) is 32.1 Å². The highest BCUT2D eigenvalue weighted by molar-refractivity contribution is 5.22. The molecule has 0 spiro atoms. The minimum absolute atomic E-state index is 0.739. The lowest BCUT2D eigenvalue weighted by atomic mass is 9.85. The van der Waals surface area contributed by atoms with Crippen molar-refractivity contribution in [1.29, 1.82) is 0 Å². The Morgan fingerprint density at radius 1 is 1.35 bits per heavy atom. The van der Waals surface area contributed by atoms with Gasteiger partial charge in [0.25, 0.3) is 0 Å². The van der Waals surface area contributed by atoms with Crippen molar-refractivity contribution in [3.05, 3.63) is 17.2 Å². The van der Waals surface area contributed by atoms with Crippen LogP contribution in [0, 0.1) is 0 Å². The summed E-state index contributed by atoms with van der Waals surface area (Å²) in [6.07, 6.45) is 4.06. The first kappa shape index (κ1) is 11.2. The molecule has 1 aliphatic heterocycles. The van der Waals surface area contributed by atoms with Gasteiger partial charge in [0.05, 0.1) is 11.4 Å². The number of fused-ring (bicyclic) bond motifs is 1. The largest absolute Gasteiger partial charge is 0.329 e. The Kier molecular flexibility index (Phi) is 2.92. The van der Waals surface area contributed by atoms with E-state index in [1.165, 1.54) is 36.5 Å². The van der Waals surface area contributed by atoms with Gasteiger partial charge < -0.3 is 9.88 Å². The third-order valence-electron chi connectivity index (χ3n) is 4.12. The summed E-state index contributed by atoms with van der Waals surface area (Å²) in [6.45, 7) is 4.23. The minimum Gasteiger partial charge on any atom is -0.329 e. The lowest BCUT2D eigenvalue weighted by Crippen LogP contribution is -2.32. The fraction of sp³-hybridized carbons (Fsp3) is 0.769. The Hall–Kier alpha value is -0.870. The number of likely N-dealkylation sites (N-methyl/N-ethyl adjacent to an activating group) is 1. The smallest absolute Gasteiger partial charge is 0.112 e. The second-order valence-corrected chi connectivity index (χ2v) is 5.41. The molecule has 0 aromatic carbocycles. The Morgan fingerprint density at radius 2 is 2.18 bits per heavy atom. The van der Waals surface area contributed by atoms with Gasteiger partial charge in [0.15, 0.2) is 0 Å². The fourth-order valence-electron chi connectivity index (χ4n) is 2.88. The molecule has 0 bridgehead atoms. The maximum Gasteiger partial charge on any atom is 0.112 e. The summed E-state index contributed by atoms with van der Waals surface area (Å²) in [4.78, 5) is 7.30. The van der Waals surface area contributed by atoms with Gasteiger partial charge in [-0.1, -0.05) is 6.42 Å². The van der Waals surface area contributed by atoms with Gasteiger partial charge in [0, 0.05) is 32.1 Å². The number of hydrogen-bond donors (Lipinski definition) is 1. The van der Waals surface area contributed by atoms with E-state index in [2.05, 4.69) is 21.8 Å². The van der Waals surface area contributed by atoms with E-state index >= 15 is 0 Å². The first-order valence-corrected chi connectivity index (χ1v) is 6.71. The van der Waals surface area contributed by atoms with Crippen LogP contribution in [-0.2, 0) is 19.6 Å². The molecule has 2 aliphatic rings. The van der Waals surface area contributed by atoms with Gasteiger partial charge in [-0.3, -0.25) is 4.90 Å². The van der Waals surface area contributed by atoms with E-state index in [1.54, 1.807) is 0 Å². The molecule has 1 N–H and O–H groups in total. The zero-order chi connectivity index (χ0) is 11.8. The van der Waals surface area contributed by atoms with Crippen LogP contribution < -0.4 is 5.32 Å². The molecule has 1 aromatic heterocycles. The summed E-state index contributed by atoms with van der Waals surface area (Å²) in [7, 11) is 4.20. The number of hydrogen-bond acceptors (Lipinski definition) is 3. The quantitative estimate of drug-likeness (QED) is 0.856. The predicted molar refractivity (Wildman–Crippen MR) is 67.9 cm³/mol. The number of rotatable bonds is 3. The molecule has 1 aromatic rings. The van der Waals surface area contributed by atoms with Crippen LogP contribution in [-0.4, -0.2) is 35.1 Å². The number of imidazole rings is 1. The summed E-state index contributed by atoms with van der Waals surface area (Å²) >= 11 is 0. The molecule has 1 saturated carbocycles. The summed E-state index contributed by atoms with van der Waals surface area (Å²) in [5.74, 6) is 2.10. The van der Waals surface area contributed by atoms with E-state index < -0.39 is 0 Å². The highest BCUT2D eigenvalue weighted by Crippen LogP contribution is 2.37. The Balaban J connectivity index is 1.96. The highest BCUT2D eigenvalue weighted by atomic mass is 15.2. The molecule has 1 aliphatic carbocycles. The number of nitrogens with one attached hydrogen (secondary N) is 1. The summed E-state index contributed by atoms with van der Waals surface area (Å²) in [5.41, 5.74) is 2.70. The van der Waals surface area contributed by atoms with E-state index in [0.29, 0.717) is 0 Å². The third kappa shape index (κ3) is 1.89. The maximum atomic E-state index is 4.91. The molecule has 4 heteroatoms. The number of nitrogens with zero attached hydrogens (tertiary/aromatic N) is 3. The molecule has 0 radical (unpaired) electrons. The first-order chi connectivity index (χ1) is 8.29. The van der Waals surface area contributed by atoms with Gasteiger partial charge in [-0.15, -0.1) is 0 Å². The van der Waals surface area contributed by atoms with Gasteiger partial charge in [-0.05, 0) is 26.9 Å². The molecule has 0 unspecified atom stereocenters. The molecular weight excluding hydrogens is 212 g/mol. The molecule has 4 nitrogen and oxygen atoms in total. The van der Waals surface area contributed by atoms with Gasteiger partial charge in [-0.25, -0.2) is 4.98 Å². The van der Waals surface area contributed by atoms with Crippen molar-refractivity contribution in [3.8, 4) is 0 Å². The van der Waals surface area contributed by atoms with Crippen LogP contribution in [0.1, 0.15) is 42.4 Å². The monoisotopic (exact) mass is 234 g/mol. The summed E-state index contributed by atoms with van der Waals surface area (Å²) < 4.78 is 2.50. The maximum absolute atomic E-state index is 4.91. The third-order valence-corrected chi connectivity index (χ3v) is 4.12. The molecule has 1 fully saturated rings. The van der Waals surface area contributed by atoms with Crippen LogP contribution in [0.15, 0.2) is 0 Å². The zero-order valence-electron chi connectivity index (χ0n) is 10.9. The second kappa shape index (κ2) is 4.42. The summed E-state index contributed by atoms with van der Waals surface area (Å²) in [6, 6.07) is 0. The highest BCUT2D eigenvalue weighted by Gasteiger charge is 2.29.